The van der Waals surface area contributed by atoms with Crippen molar-refractivity contribution in [1.82, 2.24) is 4.72 Å². The van der Waals surface area contributed by atoms with E-state index in [0.29, 0.717) is 22.9 Å². The van der Waals surface area contributed by atoms with E-state index in [-0.39, 0.29) is 17.1 Å². The summed E-state index contributed by atoms with van der Waals surface area (Å²) >= 11 is 0. The number of benzene rings is 3. The van der Waals surface area contributed by atoms with Crippen LogP contribution in [0.5, 0.6) is 23.0 Å². The van der Waals surface area contributed by atoms with Crippen molar-refractivity contribution >= 4 is 21.6 Å². The van der Waals surface area contributed by atoms with Gasteiger partial charge in [0.05, 0.1) is 39.0 Å². The molecule has 3 aromatic carbocycles. The summed E-state index contributed by atoms with van der Waals surface area (Å²) in [4.78, 5) is 13.3. The van der Waals surface area contributed by atoms with Crippen molar-refractivity contribution in [1.29, 1.82) is 0 Å². The summed E-state index contributed by atoms with van der Waals surface area (Å²) in [7, 11) is 1.74. The van der Waals surface area contributed by atoms with Gasteiger partial charge < -0.3 is 24.3 Å². The zero-order valence-corrected chi connectivity index (χ0v) is 20.7. The van der Waals surface area contributed by atoms with Crippen LogP contribution in [0.2, 0.25) is 0 Å². The minimum absolute atomic E-state index is 0.0695. The molecule has 0 radical (unpaired) electrons. The summed E-state index contributed by atoms with van der Waals surface area (Å²) in [6.07, 6.45) is 0.117. The first-order chi connectivity index (χ1) is 16.8. The lowest BCUT2D eigenvalue weighted by molar-refractivity contribution is -0.117. The molecule has 0 heterocycles. The van der Waals surface area contributed by atoms with E-state index in [2.05, 4.69) is 10.0 Å². The highest BCUT2D eigenvalue weighted by molar-refractivity contribution is 7.89. The van der Waals surface area contributed by atoms with Crippen LogP contribution in [-0.2, 0) is 21.2 Å². The number of hydrogen-bond acceptors (Lipinski definition) is 7. The first-order valence-electron chi connectivity index (χ1n) is 10.6. The molecule has 0 aliphatic carbocycles. The molecule has 9 nitrogen and oxygen atoms in total. The summed E-state index contributed by atoms with van der Waals surface area (Å²) in [5, 5.41) is 2.76. The number of carbonyl (C=O) groups excluding carboxylic acids is 1. The van der Waals surface area contributed by atoms with Crippen LogP contribution >= 0.6 is 0 Å². The number of hydrogen-bond donors (Lipinski definition) is 2. The zero-order valence-electron chi connectivity index (χ0n) is 19.9. The molecule has 0 saturated heterocycles. The van der Waals surface area contributed by atoms with Crippen LogP contribution in [0.1, 0.15) is 5.56 Å². The lowest BCUT2D eigenvalue weighted by Crippen LogP contribution is -2.45. The molecule has 0 saturated carbocycles. The number of sulfonamides is 1. The third-order valence-corrected chi connectivity index (χ3v) is 6.70. The summed E-state index contributed by atoms with van der Waals surface area (Å²) < 4.78 is 50.0. The van der Waals surface area contributed by atoms with Gasteiger partial charge in [-0.15, -0.1) is 0 Å². The van der Waals surface area contributed by atoms with Crippen molar-refractivity contribution in [2.75, 3.05) is 33.8 Å². The summed E-state index contributed by atoms with van der Waals surface area (Å²) in [6.45, 7) is 0. The number of carbonyl (C=O) groups is 1. The lowest BCUT2D eigenvalue weighted by atomic mass is 10.1. The number of ether oxygens (including phenoxy) is 4. The van der Waals surface area contributed by atoms with Crippen molar-refractivity contribution in [2.45, 2.75) is 17.4 Å². The number of rotatable bonds is 11. The molecule has 2 N–H and O–H groups in total. The average molecular weight is 501 g/mol. The smallest absolute Gasteiger partial charge is 0.243 e. The molecular weight excluding hydrogens is 472 g/mol. The Balaban J connectivity index is 1.93. The van der Waals surface area contributed by atoms with E-state index in [1.807, 2.05) is 30.3 Å². The quantitative estimate of drug-likeness (QED) is 0.416. The van der Waals surface area contributed by atoms with E-state index in [9.17, 15) is 13.2 Å². The molecule has 3 aromatic rings. The van der Waals surface area contributed by atoms with Gasteiger partial charge in [0.1, 0.15) is 17.5 Å². The molecule has 10 heteroatoms. The van der Waals surface area contributed by atoms with Gasteiger partial charge in [-0.25, -0.2) is 8.42 Å². The summed E-state index contributed by atoms with van der Waals surface area (Å²) in [5.41, 5.74) is 1.13. The second-order valence-corrected chi connectivity index (χ2v) is 9.15. The molecule has 0 fully saturated rings. The Morgan fingerprint density at radius 1 is 0.800 bits per heavy atom. The van der Waals surface area contributed by atoms with Gasteiger partial charge in [-0.1, -0.05) is 30.3 Å². The van der Waals surface area contributed by atoms with Crippen LogP contribution in [-0.4, -0.2) is 48.8 Å². The van der Waals surface area contributed by atoms with Gasteiger partial charge in [0.15, 0.2) is 11.5 Å². The number of methoxy groups -OCH3 is 4. The molecule has 0 aliphatic rings. The van der Waals surface area contributed by atoms with Crippen molar-refractivity contribution < 1.29 is 32.2 Å². The predicted molar refractivity (Wildman–Crippen MR) is 132 cm³/mol. The highest BCUT2D eigenvalue weighted by Gasteiger charge is 2.28. The molecule has 0 spiro atoms. The van der Waals surface area contributed by atoms with Gasteiger partial charge in [0.25, 0.3) is 0 Å². The Labute approximate surface area is 205 Å². The molecule has 1 amide bonds. The van der Waals surface area contributed by atoms with Gasteiger partial charge in [-0.05, 0) is 36.2 Å². The standard InChI is InChI=1S/C25H28N2O7S/c1-31-18-10-12-22(32-2)20(15-18)26-25(28)21(14-17-8-6-5-7-9-17)27-35(29,30)19-11-13-23(33-3)24(16-19)34-4/h5-13,15-16,21,27H,14H2,1-4H3,(H,26,28). The largest absolute Gasteiger partial charge is 0.497 e. The monoisotopic (exact) mass is 500 g/mol. The Bertz CT molecular complexity index is 1260. The van der Waals surface area contributed by atoms with E-state index in [1.54, 1.807) is 18.2 Å². The molecule has 35 heavy (non-hydrogen) atoms. The van der Waals surface area contributed by atoms with Crippen LogP contribution in [0, 0.1) is 0 Å². The van der Waals surface area contributed by atoms with Crippen LogP contribution in [0.3, 0.4) is 0 Å². The number of amides is 1. The van der Waals surface area contributed by atoms with E-state index in [1.165, 1.54) is 46.6 Å². The highest BCUT2D eigenvalue weighted by Crippen LogP contribution is 2.31. The molecule has 0 aliphatic heterocycles. The fourth-order valence-corrected chi connectivity index (χ4v) is 4.62. The van der Waals surface area contributed by atoms with Gasteiger partial charge in [0, 0.05) is 12.1 Å². The molecule has 1 atom stereocenters. The van der Waals surface area contributed by atoms with E-state index in [0.717, 1.165) is 5.56 Å². The van der Waals surface area contributed by atoms with Crippen LogP contribution in [0.25, 0.3) is 0 Å². The first kappa shape index (κ1) is 25.9. The minimum Gasteiger partial charge on any atom is -0.497 e. The molecule has 0 bridgehead atoms. The molecule has 1 unspecified atom stereocenters. The van der Waals surface area contributed by atoms with Crippen LogP contribution in [0.15, 0.2) is 71.6 Å². The Morgan fingerprint density at radius 2 is 1.46 bits per heavy atom. The number of nitrogens with one attached hydrogen (secondary N) is 2. The summed E-state index contributed by atoms with van der Waals surface area (Å²) in [5.74, 6) is 0.979. The van der Waals surface area contributed by atoms with Crippen molar-refractivity contribution in [3.63, 3.8) is 0 Å². The second kappa shape index (κ2) is 11.6. The third-order valence-electron chi connectivity index (χ3n) is 5.23. The van der Waals surface area contributed by atoms with Crippen LogP contribution < -0.4 is 29.0 Å². The maximum absolute atomic E-state index is 13.3. The van der Waals surface area contributed by atoms with E-state index >= 15 is 0 Å². The van der Waals surface area contributed by atoms with Gasteiger partial charge in [-0.3, -0.25) is 4.79 Å². The second-order valence-electron chi connectivity index (χ2n) is 7.44. The predicted octanol–water partition coefficient (Wildman–Crippen LogP) is 3.25. The van der Waals surface area contributed by atoms with Gasteiger partial charge in [-0.2, -0.15) is 4.72 Å². The maximum Gasteiger partial charge on any atom is 0.243 e. The fraction of sp³-hybridized carbons (Fsp3) is 0.240. The topological polar surface area (TPSA) is 112 Å². The first-order valence-corrected chi connectivity index (χ1v) is 12.1. The number of anilines is 1. The van der Waals surface area contributed by atoms with Crippen molar-refractivity contribution in [3.05, 3.63) is 72.3 Å². The Kier molecular flexibility index (Phi) is 8.56. The van der Waals surface area contributed by atoms with E-state index < -0.39 is 22.0 Å². The Hall–Kier alpha value is -3.76. The Morgan fingerprint density at radius 3 is 2.09 bits per heavy atom. The molecule has 3 rings (SSSR count). The maximum atomic E-state index is 13.3. The van der Waals surface area contributed by atoms with Crippen molar-refractivity contribution in [2.24, 2.45) is 0 Å². The average Bonchev–Trinajstić information content (AvgIpc) is 2.88. The molecular formula is C25H28N2O7S. The highest BCUT2D eigenvalue weighted by atomic mass is 32.2. The van der Waals surface area contributed by atoms with Crippen LogP contribution in [0.4, 0.5) is 5.69 Å². The SMILES string of the molecule is COc1ccc(OC)c(NC(=O)C(Cc2ccccc2)NS(=O)(=O)c2ccc(OC)c(OC)c2)c1. The third kappa shape index (κ3) is 6.43. The minimum atomic E-state index is -4.11. The van der Waals surface area contributed by atoms with Crippen molar-refractivity contribution in [3.8, 4) is 23.0 Å². The molecule has 186 valence electrons. The summed E-state index contributed by atoms with van der Waals surface area (Å²) in [6, 6.07) is 17.1. The normalized spacial score (nSPS) is 11.9. The molecule has 0 aromatic heterocycles. The zero-order chi connectivity index (χ0) is 25.4. The van der Waals surface area contributed by atoms with Gasteiger partial charge >= 0.3 is 0 Å². The lowest BCUT2D eigenvalue weighted by Gasteiger charge is -2.20. The fourth-order valence-electron chi connectivity index (χ4n) is 3.41. The van der Waals surface area contributed by atoms with Gasteiger partial charge in [0.2, 0.25) is 15.9 Å². The van der Waals surface area contributed by atoms with E-state index in [4.69, 9.17) is 18.9 Å².